The summed E-state index contributed by atoms with van der Waals surface area (Å²) in [5.41, 5.74) is -0.107. The molecular weight excluding hydrogens is 380 g/mol. The van der Waals surface area contributed by atoms with Crippen molar-refractivity contribution < 1.29 is 31.1 Å². The molecule has 0 bridgehead atoms. The van der Waals surface area contributed by atoms with E-state index in [1.165, 1.54) is 6.92 Å². The minimum absolute atomic E-state index is 0.0252. The van der Waals surface area contributed by atoms with Gasteiger partial charge in [0.05, 0.1) is 5.70 Å². The van der Waals surface area contributed by atoms with E-state index in [0.29, 0.717) is 6.92 Å². The molecule has 0 aliphatic heterocycles. The van der Waals surface area contributed by atoms with Crippen molar-refractivity contribution in [3.8, 4) is 5.88 Å². The number of rotatable bonds is 6. The highest BCUT2D eigenvalue weighted by Gasteiger charge is 2.38. The van der Waals surface area contributed by atoms with Crippen LogP contribution in [0.2, 0.25) is 0 Å². The molecule has 2 aromatic heterocycles. The topological polar surface area (TPSA) is 65.2 Å². The van der Waals surface area contributed by atoms with Crippen LogP contribution >= 0.6 is 0 Å². The summed E-state index contributed by atoms with van der Waals surface area (Å²) in [5, 5.41) is 6.84. The fourth-order valence-electron chi connectivity index (χ4n) is 1.91. The van der Waals surface area contributed by atoms with Crippen LogP contribution in [-0.2, 0) is 0 Å². The smallest absolute Gasteiger partial charge is 0.425 e. The summed E-state index contributed by atoms with van der Waals surface area (Å²) in [7, 11) is 0. The number of nitrogens with zero attached hydrogens (tertiary/aromatic N) is 5. The van der Waals surface area contributed by atoms with Crippen molar-refractivity contribution in [3.05, 3.63) is 35.3 Å². The van der Waals surface area contributed by atoms with Gasteiger partial charge in [-0.3, -0.25) is 9.56 Å². The Hall–Kier alpha value is -2.92. The SMILES string of the molecule is C=N/C(=C\n1c(C)nnc1C(F)F)c1cnc(OC(C)C(F)(F)F)c(F)c1. The van der Waals surface area contributed by atoms with Crippen LogP contribution in [0.4, 0.5) is 26.3 Å². The Kier molecular flexibility index (Phi) is 5.86. The molecule has 1 atom stereocenters. The second-order valence-corrected chi connectivity index (χ2v) is 5.26. The summed E-state index contributed by atoms with van der Waals surface area (Å²) >= 11 is 0. The third kappa shape index (κ3) is 4.63. The molecule has 0 spiro atoms. The number of pyridine rings is 1. The van der Waals surface area contributed by atoms with Crippen LogP contribution < -0.4 is 4.74 Å². The van der Waals surface area contributed by atoms with Gasteiger partial charge < -0.3 is 4.74 Å². The first-order valence-electron chi connectivity index (χ1n) is 7.32. The van der Waals surface area contributed by atoms with Gasteiger partial charge in [-0.25, -0.2) is 18.2 Å². The molecule has 27 heavy (non-hydrogen) atoms. The Bertz CT molecular complexity index is 861. The summed E-state index contributed by atoms with van der Waals surface area (Å²) < 4.78 is 82.8. The first-order chi connectivity index (χ1) is 12.5. The molecule has 0 aliphatic rings. The lowest BCUT2D eigenvalue weighted by Crippen LogP contribution is -2.31. The number of alkyl halides is 5. The predicted molar refractivity (Wildman–Crippen MR) is 83.8 cm³/mol. The van der Waals surface area contributed by atoms with E-state index in [2.05, 4.69) is 31.6 Å². The van der Waals surface area contributed by atoms with Crippen LogP contribution in [0.5, 0.6) is 5.88 Å². The zero-order chi connectivity index (χ0) is 20.4. The van der Waals surface area contributed by atoms with Gasteiger partial charge in [0.1, 0.15) is 5.82 Å². The van der Waals surface area contributed by atoms with Crippen molar-refractivity contribution >= 4 is 18.6 Å². The van der Waals surface area contributed by atoms with E-state index in [9.17, 15) is 26.3 Å². The van der Waals surface area contributed by atoms with E-state index in [4.69, 9.17) is 0 Å². The van der Waals surface area contributed by atoms with E-state index >= 15 is 0 Å². The van der Waals surface area contributed by atoms with E-state index in [-0.39, 0.29) is 17.1 Å². The average Bonchev–Trinajstić information content (AvgIpc) is 2.94. The third-order valence-corrected chi connectivity index (χ3v) is 3.36. The molecule has 146 valence electrons. The average molecular weight is 393 g/mol. The van der Waals surface area contributed by atoms with E-state index in [1.807, 2.05) is 0 Å². The summed E-state index contributed by atoms with van der Waals surface area (Å²) in [6.07, 6.45) is -7.84. The first-order valence-corrected chi connectivity index (χ1v) is 7.32. The maximum absolute atomic E-state index is 14.1. The fraction of sp³-hybridized carbons (Fsp3) is 0.333. The largest absolute Gasteiger partial charge is 0.463 e. The van der Waals surface area contributed by atoms with Crippen LogP contribution in [-0.4, -0.2) is 38.7 Å². The molecule has 0 saturated carbocycles. The molecule has 2 heterocycles. The second kappa shape index (κ2) is 7.76. The quantitative estimate of drug-likeness (QED) is 0.549. The van der Waals surface area contributed by atoms with Crippen LogP contribution in [0, 0.1) is 12.7 Å². The van der Waals surface area contributed by atoms with E-state index in [1.54, 1.807) is 0 Å². The number of aromatic nitrogens is 4. The molecule has 1 unspecified atom stereocenters. The van der Waals surface area contributed by atoms with Gasteiger partial charge in [0.2, 0.25) is 5.82 Å². The monoisotopic (exact) mass is 393 g/mol. The van der Waals surface area contributed by atoms with E-state index in [0.717, 1.165) is 23.0 Å². The number of hydrogen-bond donors (Lipinski definition) is 0. The number of aliphatic imine (C=N–C) groups is 1. The number of hydrogen-bond acceptors (Lipinski definition) is 5. The summed E-state index contributed by atoms with van der Waals surface area (Å²) in [4.78, 5) is 7.10. The highest BCUT2D eigenvalue weighted by atomic mass is 19.4. The highest BCUT2D eigenvalue weighted by molar-refractivity contribution is 5.77. The predicted octanol–water partition coefficient (Wildman–Crippen LogP) is 4.04. The zero-order valence-corrected chi connectivity index (χ0v) is 14.0. The lowest BCUT2D eigenvalue weighted by Gasteiger charge is -2.17. The van der Waals surface area contributed by atoms with Gasteiger partial charge in [0, 0.05) is 18.0 Å². The Morgan fingerprint density at radius 2 is 2.00 bits per heavy atom. The molecule has 0 N–H and O–H groups in total. The van der Waals surface area contributed by atoms with Crippen LogP contribution in [0.15, 0.2) is 17.3 Å². The lowest BCUT2D eigenvalue weighted by molar-refractivity contribution is -0.190. The number of halogens is 6. The number of ether oxygens (including phenoxy) is 1. The van der Waals surface area contributed by atoms with Crippen molar-refractivity contribution in [1.82, 2.24) is 19.7 Å². The molecule has 12 heteroatoms. The lowest BCUT2D eigenvalue weighted by atomic mass is 10.2. The minimum Gasteiger partial charge on any atom is -0.463 e. The third-order valence-electron chi connectivity index (χ3n) is 3.36. The van der Waals surface area contributed by atoms with Crippen molar-refractivity contribution in [1.29, 1.82) is 0 Å². The van der Waals surface area contributed by atoms with Crippen molar-refractivity contribution in [2.45, 2.75) is 32.6 Å². The molecular formula is C15H13F6N5O. The maximum Gasteiger partial charge on any atom is 0.425 e. The molecule has 0 aliphatic carbocycles. The summed E-state index contributed by atoms with van der Waals surface area (Å²) in [6.45, 7) is 5.37. The Morgan fingerprint density at radius 3 is 2.52 bits per heavy atom. The van der Waals surface area contributed by atoms with Gasteiger partial charge in [0.15, 0.2) is 11.9 Å². The van der Waals surface area contributed by atoms with Gasteiger partial charge >= 0.3 is 6.18 Å². The minimum atomic E-state index is -4.70. The summed E-state index contributed by atoms with van der Waals surface area (Å²) in [6, 6.07) is 0.799. The van der Waals surface area contributed by atoms with Crippen molar-refractivity contribution in [2.24, 2.45) is 4.99 Å². The van der Waals surface area contributed by atoms with E-state index < -0.39 is 36.2 Å². The van der Waals surface area contributed by atoms with Crippen molar-refractivity contribution in [3.63, 3.8) is 0 Å². The van der Waals surface area contributed by atoms with Gasteiger partial charge in [-0.1, -0.05) is 0 Å². The summed E-state index contributed by atoms with van der Waals surface area (Å²) in [5.74, 6) is -2.60. The van der Waals surface area contributed by atoms with Gasteiger partial charge in [-0.05, 0) is 26.6 Å². The molecule has 6 nitrogen and oxygen atoms in total. The van der Waals surface area contributed by atoms with Crippen LogP contribution in [0.3, 0.4) is 0 Å². The maximum atomic E-state index is 14.1. The first kappa shape index (κ1) is 20.4. The standard InChI is InChI=1S/C15H13F6N5O/c1-7(15(19,20)21)27-14-10(16)4-9(5-23-14)11(22-3)6-26-8(2)24-25-13(26)12(17)18/h4-7,12H,3H2,1-2H3/b11-6-. The second-order valence-electron chi connectivity index (χ2n) is 5.26. The molecule has 0 saturated heterocycles. The van der Waals surface area contributed by atoms with Gasteiger partial charge in [-0.2, -0.15) is 13.2 Å². The molecule has 0 fully saturated rings. The van der Waals surface area contributed by atoms with Crippen LogP contribution in [0.25, 0.3) is 11.9 Å². The Morgan fingerprint density at radius 1 is 1.33 bits per heavy atom. The Balaban J connectivity index is 2.38. The van der Waals surface area contributed by atoms with Gasteiger partial charge in [-0.15, -0.1) is 10.2 Å². The van der Waals surface area contributed by atoms with Crippen LogP contribution in [0.1, 0.15) is 30.6 Å². The van der Waals surface area contributed by atoms with Crippen molar-refractivity contribution in [2.75, 3.05) is 0 Å². The Labute approximate surface area is 149 Å². The zero-order valence-electron chi connectivity index (χ0n) is 14.0. The molecule has 2 aromatic rings. The number of aryl methyl sites for hydroxylation is 1. The fourth-order valence-corrected chi connectivity index (χ4v) is 1.91. The molecule has 2 rings (SSSR count). The molecule has 0 radical (unpaired) electrons. The highest BCUT2D eigenvalue weighted by Crippen LogP contribution is 2.27. The van der Waals surface area contributed by atoms with Gasteiger partial charge in [0.25, 0.3) is 12.3 Å². The normalized spacial score (nSPS) is 13.7. The molecule has 0 amide bonds. The molecule has 0 aromatic carbocycles.